The molecule has 2 aromatic rings. The van der Waals surface area contributed by atoms with Crippen LogP contribution in [0.2, 0.25) is 0 Å². The summed E-state index contributed by atoms with van der Waals surface area (Å²) in [5.41, 5.74) is 5.94. The van der Waals surface area contributed by atoms with E-state index in [1.165, 1.54) is 10.9 Å². The number of aliphatic hydroxyl groups is 2. The molecule has 0 spiro atoms. The predicted molar refractivity (Wildman–Crippen MR) is 88.7 cm³/mol. The van der Waals surface area contributed by atoms with Crippen LogP contribution in [0.4, 0.5) is 5.82 Å². The van der Waals surface area contributed by atoms with E-state index < -0.39 is 54.5 Å². The van der Waals surface area contributed by atoms with Crippen molar-refractivity contribution in [2.75, 3.05) is 12.3 Å². The summed E-state index contributed by atoms with van der Waals surface area (Å²) in [5.74, 6) is 0.0254. The minimum absolute atomic E-state index is 0. The van der Waals surface area contributed by atoms with E-state index in [4.69, 9.17) is 10.5 Å². The summed E-state index contributed by atoms with van der Waals surface area (Å²) in [6.45, 7) is -1.05. The van der Waals surface area contributed by atoms with Gasteiger partial charge in [-0.3, -0.25) is 18.0 Å². The Morgan fingerprint density at radius 2 is 1.66 bits per heavy atom. The Morgan fingerprint density at radius 1 is 1.06 bits per heavy atom. The van der Waals surface area contributed by atoms with E-state index in [9.17, 15) is 43.5 Å². The fourth-order valence-corrected chi connectivity index (χ4v) is 5.89. The molecule has 3 rings (SSSR count). The van der Waals surface area contributed by atoms with Crippen LogP contribution in [0.5, 0.6) is 0 Å². The van der Waals surface area contributed by atoms with Crippen molar-refractivity contribution >= 4 is 40.3 Å². The number of rotatable bonds is 8. The fourth-order valence-electron chi connectivity index (χ4n) is 2.64. The van der Waals surface area contributed by atoms with Crippen molar-refractivity contribution in [3.63, 3.8) is 0 Å². The standard InChI is InChI=1S/C10H17N6O12P3.4Li/c11-8-5-9(13-2-12-8)16(3-14-5)10-7(18)6(17)4(27-10)1-26-31(24,25)28-30(22,23)15-29(19,20)21;;;;/h2-4,6-7,10,17-18H,1H2,(H,24,25)(H2,11,12,13)(H4,15,19,20,21,22,23);;;;/q;4*+1/p-4/t4-,6-,7-,10-;;;;/m1..../s1. The van der Waals surface area contributed by atoms with Crippen LogP contribution >= 0.6 is 23.3 Å². The first kappa shape index (κ1) is 38.2. The van der Waals surface area contributed by atoms with E-state index in [-0.39, 0.29) is 92.4 Å². The number of aliphatic hydroxyl groups excluding tert-OH is 2. The minimum Gasteiger partial charge on any atom is -0.799 e. The van der Waals surface area contributed by atoms with E-state index in [1.807, 2.05) is 0 Å². The van der Waals surface area contributed by atoms with Crippen LogP contribution in [-0.2, 0) is 27.3 Å². The molecule has 5 N–H and O–H groups in total. The quantitative estimate of drug-likeness (QED) is 0.182. The maximum atomic E-state index is 11.6. The number of nitrogens with zero attached hydrogens (tertiary/aromatic N) is 4. The topological polar surface area (TPSA) is 293 Å². The van der Waals surface area contributed by atoms with E-state index in [2.05, 4.69) is 23.8 Å². The molecule has 6 atom stereocenters. The number of aromatic nitrogens is 4. The molecule has 0 bridgehead atoms. The molecule has 0 amide bonds. The Bertz CT molecular complexity index is 1120. The molecule has 0 aliphatic carbocycles. The maximum Gasteiger partial charge on any atom is 1.00 e. The molecule has 25 heteroatoms. The molecule has 1 fully saturated rings. The van der Waals surface area contributed by atoms with Crippen LogP contribution in [0, 0.1) is 0 Å². The first-order valence-electron chi connectivity index (χ1n) is 7.93. The van der Waals surface area contributed by atoms with Gasteiger partial charge in [0.05, 0.1) is 12.9 Å². The summed E-state index contributed by atoms with van der Waals surface area (Å²) in [6, 6.07) is 0. The largest absolute Gasteiger partial charge is 1.00 e. The Labute approximate surface area is 245 Å². The number of imidazole rings is 1. The van der Waals surface area contributed by atoms with E-state index in [0.29, 0.717) is 4.86 Å². The van der Waals surface area contributed by atoms with Gasteiger partial charge in [-0.25, -0.2) is 19.8 Å². The summed E-state index contributed by atoms with van der Waals surface area (Å²) in [4.78, 5) is 55.8. The summed E-state index contributed by atoms with van der Waals surface area (Å²) in [5, 5.41) is 20.3. The van der Waals surface area contributed by atoms with Crippen LogP contribution in [0.3, 0.4) is 0 Å². The monoisotopic (exact) mass is 530 g/mol. The normalized spacial score (nSPS) is 25.2. The number of nitrogens with two attached hydrogens (primary N) is 1. The van der Waals surface area contributed by atoms with Crippen LogP contribution in [0.25, 0.3) is 11.2 Å². The molecule has 18 nitrogen and oxygen atoms in total. The molecule has 2 aromatic heterocycles. The minimum atomic E-state index is -5.89. The van der Waals surface area contributed by atoms with Gasteiger partial charge in [0, 0.05) is 7.75 Å². The zero-order valence-electron chi connectivity index (χ0n) is 18.9. The van der Waals surface area contributed by atoms with Gasteiger partial charge >= 0.3 is 75.4 Å². The summed E-state index contributed by atoms with van der Waals surface area (Å²) in [6.07, 6.45) is -3.92. The first-order valence-corrected chi connectivity index (χ1v) is 12.5. The Balaban J connectivity index is 0. The smallest absolute Gasteiger partial charge is 0.799 e. The zero-order chi connectivity index (χ0) is 23.2. The average molecular weight is 530 g/mol. The second kappa shape index (κ2) is 14.4. The predicted octanol–water partition coefficient (Wildman–Crippen LogP) is -16.6. The van der Waals surface area contributed by atoms with Gasteiger partial charge in [-0.15, -0.1) is 0 Å². The van der Waals surface area contributed by atoms with Gasteiger partial charge in [0.2, 0.25) is 7.75 Å². The Kier molecular flexibility index (Phi) is 15.7. The van der Waals surface area contributed by atoms with Gasteiger partial charge < -0.3 is 49.3 Å². The number of ether oxygens (including phenoxy) is 1. The van der Waals surface area contributed by atoms with Gasteiger partial charge in [0.25, 0.3) is 7.82 Å². The molecule has 0 saturated carbocycles. The maximum absolute atomic E-state index is 11.6. The molecule has 1 saturated heterocycles. The van der Waals surface area contributed by atoms with Crippen molar-refractivity contribution in [1.82, 2.24) is 24.4 Å². The van der Waals surface area contributed by atoms with Gasteiger partial charge in [-0.05, 0) is 0 Å². The number of nitrogen functional groups attached to an aromatic ring is 1. The molecule has 1 aliphatic heterocycles. The summed E-state index contributed by atoms with van der Waals surface area (Å²) >= 11 is 0. The van der Waals surface area contributed by atoms with E-state index >= 15 is 0 Å². The Morgan fingerprint density at radius 3 is 2.23 bits per heavy atom. The molecule has 174 valence electrons. The van der Waals surface area contributed by atoms with E-state index in [1.54, 1.807) is 0 Å². The number of phosphoric acid groups is 1. The number of fused-ring (bicyclic) bond motifs is 1. The second-order valence-corrected chi connectivity index (χ2v) is 10.6. The van der Waals surface area contributed by atoms with Crippen molar-refractivity contribution in [3.8, 4) is 0 Å². The number of hydrogen-bond acceptors (Lipinski definition) is 16. The van der Waals surface area contributed by atoms with Crippen molar-refractivity contribution in [1.29, 1.82) is 0 Å². The Hall–Kier alpha value is 1.03. The number of nitrogens with one attached hydrogen (secondary N) is 1. The van der Waals surface area contributed by atoms with Gasteiger partial charge in [0.15, 0.2) is 17.7 Å². The SMILES string of the molecule is Nc1ncnc2c1ncn2[C@@H]1O[C@H](COP(=O)([O-])OP(=O)([O-])NP(=O)([O-])[O-])[C@@H](O)[C@H]1O.[Li+].[Li+].[Li+].[Li+]. The molecular weight excluding hydrogens is 517 g/mol. The fraction of sp³-hybridized carbons (Fsp3) is 0.500. The number of hydrogen-bond donors (Lipinski definition) is 4. The van der Waals surface area contributed by atoms with Crippen LogP contribution in [-0.4, -0.2) is 54.7 Å². The third-order valence-corrected chi connectivity index (χ3v) is 7.93. The van der Waals surface area contributed by atoms with E-state index in [0.717, 1.165) is 6.33 Å². The van der Waals surface area contributed by atoms with Crippen LogP contribution in [0.15, 0.2) is 12.7 Å². The first-order chi connectivity index (χ1) is 14.2. The number of phosphoric ester groups is 1. The van der Waals surface area contributed by atoms with Crippen LogP contribution in [0.1, 0.15) is 6.23 Å². The second-order valence-electron chi connectivity index (χ2n) is 6.05. The summed E-state index contributed by atoms with van der Waals surface area (Å²) in [7, 11) is -17.5. The third-order valence-electron chi connectivity index (χ3n) is 3.85. The zero-order valence-corrected chi connectivity index (χ0v) is 21.5. The van der Waals surface area contributed by atoms with Crippen LogP contribution < -0.4 is 106 Å². The van der Waals surface area contributed by atoms with Gasteiger partial charge in [0.1, 0.15) is 30.2 Å². The van der Waals surface area contributed by atoms with Crippen molar-refractivity contribution in [3.05, 3.63) is 12.7 Å². The molecule has 35 heavy (non-hydrogen) atoms. The third kappa shape index (κ3) is 9.93. The molecule has 2 unspecified atom stereocenters. The molecule has 1 aliphatic rings. The average Bonchev–Trinajstić information content (AvgIpc) is 3.13. The van der Waals surface area contributed by atoms with Crippen molar-refractivity contribution in [2.45, 2.75) is 24.5 Å². The van der Waals surface area contributed by atoms with Gasteiger partial charge in [-0.2, -0.15) is 0 Å². The van der Waals surface area contributed by atoms with Crippen molar-refractivity contribution in [2.24, 2.45) is 0 Å². The number of anilines is 1. The summed E-state index contributed by atoms with van der Waals surface area (Å²) < 4.78 is 47.6. The van der Waals surface area contributed by atoms with Gasteiger partial charge in [-0.1, -0.05) is 0 Å². The molecule has 0 aromatic carbocycles. The molecule has 0 radical (unpaired) electrons. The molecule has 3 heterocycles. The van der Waals surface area contributed by atoms with Crippen molar-refractivity contribution < 1.29 is 132 Å². The molecular formula is C10H13Li4N6O12P3.